The summed E-state index contributed by atoms with van der Waals surface area (Å²) in [4.78, 5) is 29.1. The molecule has 0 atom stereocenters. The number of hydrogen-bond acceptors (Lipinski definition) is 6. The zero-order chi connectivity index (χ0) is 20.5. The average molecular weight is 453 g/mol. The molecule has 0 aliphatic carbocycles. The summed E-state index contributed by atoms with van der Waals surface area (Å²) >= 11 is 13.4. The number of esters is 1. The second-order valence-corrected chi connectivity index (χ2v) is 7.93. The van der Waals surface area contributed by atoms with Crippen LogP contribution in [0.3, 0.4) is 0 Å². The van der Waals surface area contributed by atoms with Crippen LogP contribution < -0.4 is 14.3 Å². The SMILES string of the molecule is COC(=O)CCn1c(=NC(=O)c2cc(Cl)ccc2Cl)sc2cc3c(cc21)OCO3. The van der Waals surface area contributed by atoms with E-state index < -0.39 is 5.91 Å². The molecule has 1 amide bonds. The molecule has 1 aliphatic heterocycles. The van der Waals surface area contributed by atoms with Crippen molar-refractivity contribution >= 4 is 56.6 Å². The van der Waals surface area contributed by atoms with Gasteiger partial charge < -0.3 is 18.8 Å². The number of benzene rings is 2. The fraction of sp³-hybridized carbons (Fsp3) is 0.211. The molecular formula is C19H14Cl2N2O5S. The molecule has 10 heteroatoms. The summed E-state index contributed by atoms with van der Waals surface area (Å²) in [7, 11) is 1.33. The highest BCUT2D eigenvalue weighted by Gasteiger charge is 2.19. The number of methoxy groups -OCH3 is 1. The number of thiazole rings is 1. The van der Waals surface area contributed by atoms with E-state index in [1.165, 1.54) is 24.5 Å². The molecule has 3 aromatic rings. The summed E-state index contributed by atoms with van der Waals surface area (Å²) in [5, 5.41) is 0.639. The molecule has 1 aromatic heterocycles. The Hall–Kier alpha value is -2.55. The van der Waals surface area contributed by atoms with Crippen LogP contribution in [0.5, 0.6) is 11.5 Å². The molecule has 0 fully saturated rings. The van der Waals surface area contributed by atoms with Crippen molar-refractivity contribution in [2.24, 2.45) is 4.99 Å². The van der Waals surface area contributed by atoms with E-state index in [9.17, 15) is 9.59 Å². The second kappa shape index (κ2) is 8.06. The third-order valence-electron chi connectivity index (χ3n) is 4.30. The van der Waals surface area contributed by atoms with E-state index in [1.807, 2.05) is 6.07 Å². The number of aryl methyl sites for hydroxylation is 1. The molecule has 2 heterocycles. The van der Waals surface area contributed by atoms with Gasteiger partial charge in [-0.2, -0.15) is 4.99 Å². The lowest BCUT2D eigenvalue weighted by Crippen LogP contribution is -2.19. The minimum Gasteiger partial charge on any atom is -0.469 e. The zero-order valence-electron chi connectivity index (χ0n) is 15.1. The van der Waals surface area contributed by atoms with Crippen molar-refractivity contribution in [2.75, 3.05) is 13.9 Å². The van der Waals surface area contributed by atoms with Gasteiger partial charge in [0.05, 0.1) is 34.3 Å². The minimum atomic E-state index is -0.532. The lowest BCUT2D eigenvalue weighted by atomic mass is 10.2. The van der Waals surface area contributed by atoms with Crippen LogP contribution in [0.1, 0.15) is 16.8 Å². The maximum absolute atomic E-state index is 12.8. The van der Waals surface area contributed by atoms with E-state index in [0.717, 1.165) is 10.2 Å². The van der Waals surface area contributed by atoms with Crippen LogP contribution in [0.25, 0.3) is 10.2 Å². The first-order valence-corrected chi connectivity index (χ1v) is 10.1. The van der Waals surface area contributed by atoms with Crippen LogP contribution in [0, 0.1) is 0 Å². The maximum atomic E-state index is 12.8. The Morgan fingerprint density at radius 3 is 2.72 bits per heavy atom. The van der Waals surface area contributed by atoms with Crippen molar-refractivity contribution in [3.63, 3.8) is 0 Å². The highest BCUT2D eigenvalue weighted by Crippen LogP contribution is 2.37. The van der Waals surface area contributed by atoms with Gasteiger partial charge >= 0.3 is 5.97 Å². The molecule has 0 spiro atoms. The number of rotatable bonds is 4. The Balaban J connectivity index is 1.83. The van der Waals surface area contributed by atoms with E-state index >= 15 is 0 Å². The number of ether oxygens (including phenoxy) is 3. The standard InChI is InChI=1S/C19H14Cl2N2O5S/c1-26-17(24)4-5-23-13-7-14-15(28-9-27-14)8-16(13)29-19(23)22-18(25)11-6-10(20)2-3-12(11)21/h2-3,6-8H,4-5,9H2,1H3. The largest absolute Gasteiger partial charge is 0.469 e. The number of carbonyl (C=O) groups is 2. The number of hydrogen-bond donors (Lipinski definition) is 0. The van der Waals surface area contributed by atoms with Gasteiger partial charge in [0.15, 0.2) is 16.3 Å². The molecule has 150 valence electrons. The van der Waals surface area contributed by atoms with Crippen molar-refractivity contribution in [3.05, 3.63) is 50.7 Å². The van der Waals surface area contributed by atoms with E-state index in [4.69, 9.17) is 37.4 Å². The van der Waals surface area contributed by atoms with E-state index in [-0.39, 0.29) is 36.3 Å². The van der Waals surface area contributed by atoms with Gasteiger partial charge in [0.25, 0.3) is 5.91 Å². The number of nitrogens with zero attached hydrogens (tertiary/aromatic N) is 2. The molecule has 0 saturated carbocycles. The topological polar surface area (TPSA) is 79.1 Å². The molecule has 29 heavy (non-hydrogen) atoms. The Kier molecular flexibility index (Phi) is 5.49. The van der Waals surface area contributed by atoms with Crippen LogP contribution in [0.15, 0.2) is 35.3 Å². The van der Waals surface area contributed by atoms with Gasteiger partial charge in [-0.25, -0.2) is 0 Å². The van der Waals surface area contributed by atoms with Gasteiger partial charge in [0.2, 0.25) is 6.79 Å². The zero-order valence-corrected chi connectivity index (χ0v) is 17.4. The van der Waals surface area contributed by atoms with Crippen LogP contribution in [0.2, 0.25) is 10.0 Å². The lowest BCUT2D eigenvalue weighted by molar-refractivity contribution is -0.140. The van der Waals surface area contributed by atoms with E-state index in [1.54, 1.807) is 22.8 Å². The van der Waals surface area contributed by atoms with Crippen LogP contribution in [0.4, 0.5) is 0 Å². The second-order valence-electron chi connectivity index (χ2n) is 6.08. The van der Waals surface area contributed by atoms with Gasteiger partial charge in [-0.05, 0) is 18.2 Å². The summed E-state index contributed by atoms with van der Waals surface area (Å²) in [6.45, 7) is 0.430. The predicted octanol–water partition coefficient (Wildman–Crippen LogP) is 4.04. The molecular weight excluding hydrogens is 439 g/mol. The number of carbonyl (C=O) groups excluding carboxylic acids is 2. The van der Waals surface area contributed by atoms with Gasteiger partial charge in [-0.15, -0.1) is 0 Å². The summed E-state index contributed by atoms with van der Waals surface area (Å²) in [5.41, 5.74) is 0.970. The monoisotopic (exact) mass is 452 g/mol. The van der Waals surface area contributed by atoms with Crippen LogP contribution in [-0.4, -0.2) is 30.3 Å². The van der Waals surface area contributed by atoms with Crippen molar-refractivity contribution in [1.82, 2.24) is 4.57 Å². The Labute approximate surface area is 179 Å². The van der Waals surface area contributed by atoms with Gasteiger partial charge in [0, 0.05) is 23.7 Å². The van der Waals surface area contributed by atoms with Gasteiger partial charge in [0.1, 0.15) is 0 Å². The third kappa shape index (κ3) is 3.96. The Bertz CT molecular complexity index is 1200. The smallest absolute Gasteiger partial charge is 0.307 e. The van der Waals surface area contributed by atoms with Gasteiger partial charge in [-0.1, -0.05) is 34.5 Å². The minimum absolute atomic E-state index is 0.121. The first-order valence-electron chi connectivity index (χ1n) is 8.50. The average Bonchev–Trinajstić information content (AvgIpc) is 3.29. The van der Waals surface area contributed by atoms with Crippen molar-refractivity contribution in [2.45, 2.75) is 13.0 Å². The third-order valence-corrected chi connectivity index (χ3v) is 5.91. The normalized spacial score (nSPS) is 13.1. The molecule has 0 unspecified atom stereocenters. The first kappa shape index (κ1) is 19.8. The fourth-order valence-electron chi connectivity index (χ4n) is 2.87. The number of fused-ring (bicyclic) bond motifs is 2. The number of amides is 1. The summed E-state index contributed by atoms with van der Waals surface area (Å²) < 4.78 is 18.2. The molecule has 0 saturated heterocycles. The predicted molar refractivity (Wildman–Crippen MR) is 109 cm³/mol. The highest BCUT2D eigenvalue weighted by molar-refractivity contribution is 7.16. The lowest BCUT2D eigenvalue weighted by Gasteiger charge is -2.05. The van der Waals surface area contributed by atoms with Gasteiger partial charge in [-0.3, -0.25) is 9.59 Å². The molecule has 0 bridgehead atoms. The quantitative estimate of drug-likeness (QED) is 0.558. The molecule has 1 aliphatic rings. The van der Waals surface area contributed by atoms with E-state index in [0.29, 0.717) is 21.3 Å². The molecule has 7 nitrogen and oxygen atoms in total. The van der Waals surface area contributed by atoms with Crippen molar-refractivity contribution in [3.8, 4) is 11.5 Å². The fourth-order valence-corrected chi connectivity index (χ4v) is 4.31. The van der Waals surface area contributed by atoms with Crippen LogP contribution in [-0.2, 0) is 16.1 Å². The molecule has 0 radical (unpaired) electrons. The van der Waals surface area contributed by atoms with Crippen molar-refractivity contribution < 1.29 is 23.8 Å². The number of aromatic nitrogens is 1. The van der Waals surface area contributed by atoms with Crippen LogP contribution >= 0.6 is 34.5 Å². The highest BCUT2D eigenvalue weighted by atomic mass is 35.5. The molecule has 2 aromatic carbocycles. The summed E-state index contributed by atoms with van der Waals surface area (Å²) in [6, 6.07) is 8.24. The van der Waals surface area contributed by atoms with Crippen molar-refractivity contribution in [1.29, 1.82) is 0 Å². The Morgan fingerprint density at radius 1 is 1.21 bits per heavy atom. The molecule has 0 N–H and O–H groups in total. The maximum Gasteiger partial charge on any atom is 0.307 e. The first-order chi connectivity index (χ1) is 14.0. The summed E-state index contributed by atoms with van der Waals surface area (Å²) in [5.74, 6) is 0.316. The van der Waals surface area contributed by atoms with E-state index in [2.05, 4.69) is 4.99 Å². The summed E-state index contributed by atoms with van der Waals surface area (Å²) in [6.07, 6.45) is 0.121. The number of halogens is 2. The Morgan fingerprint density at radius 2 is 1.97 bits per heavy atom. The molecule has 4 rings (SSSR count).